The van der Waals surface area contributed by atoms with E-state index >= 15 is 0 Å². The minimum absolute atomic E-state index is 0.308. The van der Waals surface area contributed by atoms with E-state index in [4.69, 9.17) is 9.47 Å². The Bertz CT molecular complexity index is 824. The highest BCUT2D eigenvalue weighted by Crippen LogP contribution is 2.69. The number of carbonyl (C=O) groups is 2. The first kappa shape index (κ1) is 27.9. The van der Waals surface area contributed by atoms with Crippen LogP contribution in [0.1, 0.15) is 119 Å². The molecular weight excluding hydrogens is 452 g/mol. The first-order valence-corrected chi connectivity index (χ1v) is 14.9. The lowest BCUT2D eigenvalue weighted by Crippen LogP contribution is -2.69. The fraction of sp³-hybridized carbons (Fsp3) is 0.935. The number of hydrogen-bond acceptors (Lipinski definition) is 5. The molecule has 4 saturated carbocycles. The molecular formula is C31H52O5. The second-order valence-corrected chi connectivity index (χ2v) is 14.1. The lowest BCUT2D eigenvalue weighted by molar-refractivity contribution is -0.271. The van der Waals surface area contributed by atoms with Crippen LogP contribution in [0.5, 0.6) is 0 Å². The Labute approximate surface area is 219 Å². The van der Waals surface area contributed by atoms with Crippen LogP contribution in [0.4, 0.5) is 0 Å². The molecule has 4 aliphatic carbocycles. The van der Waals surface area contributed by atoms with Crippen molar-refractivity contribution in [1.29, 1.82) is 0 Å². The molecule has 36 heavy (non-hydrogen) atoms. The van der Waals surface area contributed by atoms with E-state index in [-0.39, 0.29) is 23.5 Å². The van der Waals surface area contributed by atoms with Gasteiger partial charge in [0, 0.05) is 25.7 Å². The molecule has 4 rings (SSSR count). The van der Waals surface area contributed by atoms with E-state index < -0.39 is 11.7 Å². The summed E-state index contributed by atoms with van der Waals surface area (Å²) in [5.74, 6) is 3.15. The Morgan fingerprint density at radius 1 is 0.917 bits per heavy atom. The summed E-state index contributed by atoms with van der Waals surface area (Å²) in [5, 5.41) is 12.3. The molecule has 0 bridgehead atoms. The minimum Gasteiger partial charge on any atom is -0.462 e. The largest absolute Gasteiger partial charge is 0.462 e. The van der Waals surface area contributed by atoms with Crippen LogP contribution in [-0.2, 0) is 19.1 Å². The summed E-state index contributed by atoms with van der Waals surface area (Å²) >= 11 is 0. The summed E-state index contributed by atoms with van der Waals surface area (Å²) in [6, 6.07) is 0. The van der Waals surface area contributed by atoms with E-state index in [1.54, 1.807) is 0 Å². The summed E-state index contributed by atoms with van der Waals surface area (Å²) in [6.45, 7) is 14.8. The van der Waals surface area contributed by atoms with E-state index in [0.717, 1.165) is 43.4 Å². The highest BCUT2D eigenvalue weighted by molar-refractivity contribution is 5.66. The van der Waals surface area contributed by atoms with Gasteiger partial charge in [-0.05, 0) is 85.9 Å². The van der Waals surface area contributed by atoms with Gasteiger partial charge in [-0.3, -0.25) is 9.59 Å². The van der Waals surface area contributed by atoms with Gasteiger partial charge in [-0.25, -0.2) is 0 Å². The molecule has 4 fully saturated rings. The van der Waals surface area contributed by atoms with Crippen molar-refractivity contribution < 1.29 is 24.2 Å². The third kappa shape index (κ3) is 4.76. The Morgan fingerprint density at radius 2 is 1.61 bits per heavy atom. The van der Waals surface area contributed by atoms with Crippen LogP contribution in [-0.4, -0.2) is 34.9 Å². The molecule has 10 atom stereocenters. The topological polar surface area (TPSA) is 72.8 Å². The second kappa shape index (κ2) is 10.2. The third-order valence-corrected chi connectivity index (χ3v) is 11.6. The zero-order valence-electron chi connectivity index (χ0n) is 24.0. The fourth-order valence-corrected chi connectivity index (χ4v) is 9.92. The van der Waals surface area contributed by atoms with Crippen molar-refractivity contribution in [3.8, 4) is 0 Å². The van der Waals surface area contributed by atoms with Crippen molar-refractivity contribution in [2.45, 2.75) is 137 Å². The lowest BCUT2D eigenvalue weighted by Gasteiger charge is -2.65. The SMILES string of the molecule is CC(=O)O[C@@H]1CC[C@]2(C)[C@@H]3CC[C@]4(C)[C@H](CC[C@@H]4[C@H](C)CCCC(C)C)[C@@H]3C[C@@H](OC(C)=O)[C@@]2(O)C1. The molecule has 0 spiro atoms. The van der Waals surface area contributed by atoms with Crippen LogP contribution in [0.2, 0.25) is 0 Å². The van der Waals surface area contributed by atoms with E-state index in [1.807, 2.05) is 0 Å². The Morgan fingerprint density at radius 3 is 2.25 bits per heavy atom. The standard InChI is InChI=1S/C31H52O5/c1-19(2)9-8-10-20(3)25-11-12-26-24-17-28(36-22(5)33)31(34)18-23(35-21(4)32)13-16-30(31,7)27(24)14-15-29(25,26)6/h19-20,23-28,34H,8-18H2,1-7H3/t20-,23-,24+,25-,26-,27-,28-,29+,30-,31+/m1/s1. The summed E-state index contributed by atoms with van der Waals surface area (Å²) in [7, 11) is 0. The van der Waals surface area contributed by atoms with E-state index in [9.17, 15) is 14.7 Å². The quantitative estimate of drug-likeness (QED) is 0.391. The molecule has 5 heteroatoms. The molecule has 0 aromatic rings. The molecule has 4 aliphatic rings. The van der Waals surface area contributed by atoms with Crippen LogP contribution < -0.4 is 0 Å². The number of carbonyl (C=O) groups excluding carboxylic acids is 2. The zero-order chi connectivity index (χ0) is 26.5. The number of rotatable bonds is 7. The number of esters is 2. The van der Waals surface area contributed by atoms with Gasteiger partial charge in [-0.15, -0.1) is 0 Å². The van der Waals surface area contributed by atoms with Gasteiger partial charge in [0.1, 0.15) is 17.8 Å². The van der Waals surface area contributed by atoms with Crippen molar-refractivity contribution in [2.24, 2.45) is 46.3 Å². The molecule has 0 heterocycles. The average Bonchev–Trinajstić information content (AvgIpc) is 3.12. The third-order valence-electron chi connectivity index (χ3n) is 11.6. The highest BCUT2D eigenvalue weighted by atomic mass is 16.6. The van der Waals surface area contributed by atoms with Crippen molar-refractivity contribution >= 4 is 11.9 Å². The smallest absolute Gasteiger partial charge is 0.303 e. The predicted molar refractivity (Wildman–Crippen MR) is 141 cm³/mol. The molecule has 0 amide bonds. The minimum atomic E-state index is -1.16. The van der Waals surface area contributed by atoms with Gasteiger partial charge in [0.2, 0.25) is 0 Å². The molecule has 0 unspecified atom stereocenters. The summed E-state index contributed by atoms with van der Waals surface area (Å²) < 4.78 is 11.5. The van der Waals surface area contributed by atoms with Gasteiger partial charge >= 0.3 is 11.9 Å². The van der Waals surface area contributed by atoms with Gasteiger partial charge < -0.3 is 14.6 Å². The summed E-state index contributed by atoms with van der Waals surface area (Å²) in [5.41, 5.74) is -1.16. The van der Waals surface area contributed by atoms with Gasteiger partial charge in [0.05, 0.1) is 0 Å². The van der Waals surface area contributed by atoms with Crippen LogP contribution in [0.15, 0.2) is 0 Å². The summed E-state index contributed by atoms with van der Waals surface area (Å²) in [4.78, 5) is 23.9. The molecule has 0 aliphatic heterocycles. The van der Waals surface area contributed by atoms with Gasteiger partial charge in [0.15, 0.2) is 0 Å². The van der Waals surface area contributed by atoms with E-state index in [2.05, 4.69) is 34.6 Å². The number of fused-ring (bicyclic) bond motifs is 5. The molecule has 5 nitrogen and oxygen atoms in total. The zero-order valence-corrected chi connectivity index (χ0v) is 24.0. The van der Waals surface area contributed by atoms with Crippen LogP contribution in [0.3, 0.4) is 0 Å². The van der Waals surface area contributed by atoms with Crippen molar-refractivity contribution in [3.63, 3.8) is 0 Å². The first-order valence-electron chi connectivity index (χ1n) is 14.9. The summed E-state index contributed by atoms with van der Waals surface area (Å²) in [6.07, 6.45) is 10.7. The maximum absolute atomic E-state index is 12.3. The van der Waals surface area contributed by atoms with Crippen molar-refractivity contribution in [3.05, 3.63) is 0 Å². The normalized spacial score (nSPS) is 44.8. The Kier molecular flexibility index (Phi) is 7.93. The second-order valence-electron chi connectivity index (χ2n) is 14.1. The van der Waals surface area contributed by atoms with Crippen LogP contribution in [0.25, 0.3) is 0 Å². The Balaban J connectivity index is 1.59. The lowest BCUT2D eigenvalue weighted by atomic mass is 9.42. The Hall–Kier alpha value is -1.10. The fourth-order valence-electron chi connectivity index (χ4n) is 9.92. The first-order chi connectivity index (χ1) is 16.8. The predicted octanol–water partition coefficient (Wildman–Crippen LogP) is 6.70. The average molecular weight is 505 g/mol. The van der Waals surface area contributed by atoms with Crippen molar-refractivity contribution in [2.75, 3.05) is 0 Å². The van der Waals surface area contributed by atoms with Crippen LogP contribution >= 0.6 is 0 Å². The number of aliphatic hydroxyl groups is 1. The van der Waals surface area contributed by atoms with Crippen molar-refractivity contribution in [1.82, 2.24) is 0 Å². The molecule has 0 aromatic heterocycles. The molecule has 0 radical (unpaired) electrons. The molecule has 0 aromatic carbocycles. The molecule has 0 saturated heterocycles. The molecule has 1 N–H and O–H groups in total. The maximum Gasteiger partial charge on any atom is 0.303 e. The monoisotopic (exact) mass is 504 g/mol. The maximum atomic E-state index is 12.3. The molecule has 206 valence electrons. The highest BCUT2D eigenvalue weighted by Gasteiger charge is 2.68. The van der Waals surface area contributed by atoms with E-state index in [0.29, 0.717) is 29.6 Å². The van der Waals surface area contributed by atoms with Crippen LogP contribution in [0, 0.1) is 46.3 Å². The number of ether oxygens (including phenoxy) is 2. The number of hydrogen-bond donors (Lipinski definition) is 1. The van der Waals surface area contributed by atoms with E-state index in [1.165, 1.54) is 52.4 Å². The van der Waals surface area contributed by atoms with Gasteiger partial charge in [0.25, 0.3) is 0 Å². The van der Waals surface area contributed by atoms with Gasteiger partial charge in [-0.2, -0.15) is 0 Å². The van der Waals surface area contributed by atoms with Gasteiger partial charge in [-0.1, -0.05) is 53.9 Å².